The van der Waals surface area contributed by atoms with Crippen LogP contribution in [0.2, 0.25) is 0 Å². The number of pyridine rings is 1. The molecule has 1 aliphatic carbocycles. The van der Waals surface area contributed by atoms with Gasteiger partial charge in [-0.2, -0.15) is 0 Å². The Kier molecular flexibility index (Phi) is 5.76. The summed E-state index contributed by atoms with van der Waals surface area (Å²) in [6, 6.07) is 12.2. The fourth-order valence-electron chi connectivity index (χ4n) is 3.95. The Bertz CT molecular complexity index is 793. The molecule has 1 saturated heterocycles. The number of nitrogens with one attached hydrogen (secondary N) is 2. The van der Waals surface area contributed by atoms with E-state index in [1.165, 1.54) is 31.4 Å². The predicted octanol–water partition coefficient (Wildman–Crippen LogP) is 3.44. The smallest absolute Gasteiger partial charge is 0.255 e. The zero-order valence-corrected chi connectivity index (χ0v) is 16.5. The van der Waals surface area contributed by atoms with Gasteiger partial charge in [-0.1, -0.05) is 12.8 Å². The quantitative estimate of drug-likeness (QED) is 0.833. The van der Waals surface area contributed by atoms with Crippen LogP contribution in [-0.2, 0) is 0 Å². The van der Waals surface area contributed by atoms with Gasteiger partial charge in [0, 0.05) is 55.4 Å². The zero-order chi connectivity index (χ0) is 19.3. The van der Waals surface area contributed by atoms with Crippen LogP contribution in [0.15, 0.2) is 42.6 Å². The fourth-order valence-corrected chi connectivity index (χ4v) is 3.95. The Morgan fingerprint density at radius 1 is 1.04 bits per heavy atom. The third-order valence-corrected chi connectivity index (χ3v) is 5.72. The molecule has 1 aliphatic heterocycles. The number of carbonyl (C=O) groups is 1. The van der Waals surface area contributed by atoms with E-state index in [4.69, 9.17) is 0 Å². The van der Waals surface area contributed by atoms with Gasteiger partial charge in [0.15, 0.2) is 0 Å². The van der Waals surface area contributed by atoms with E-state index >= 15 is 0 Å². The van der Waals surface area contributed by atoms with Crippen molar-refractivity contribution in [1.82, 2.24) is 9.88 Å². The van der Waals surface area contributed by atoms with E-state index < -0.39 is 0 Å². The van der Waals surface area contributed by atoms with Gasteiger partial charge in [-0.15, -0.1) is 0 Å². The summed E-state index contributed by atoms with van der Waals surface area (Å²) in [6.07, 6.45) is 6.59. The summed E-state index contributed by atoms with van der Waals surface area (Å²) in [7, 11) is 2.16. The first-order chi connectivity index (χ1) is 13.7. The lowest BCUT2D eigenvalue weighted by Crippen LogP contribution is -2.44. The summed E-state index contributed by atoms with van der Waals surface area (Å²) in [4.78, 5) is 21.7. The summed E-state index contributed by atoms with van der Waals surface area (Å²) in [5.74, 6) is 0.675. The topological polar surface area (TPSA) is 60.5 Å². The molecule has 2 fully saturated rings. The number of rotatable bonds is 5. The lowest BCUT2D eigenvalue weighted by atomic mass is 10.2. The van der Waals surface area contributed by atoms with Gasteiger partial charge < -0.3 is 20.4 Å². The van der Waals surface area contributed by atoms with Crippen molar-refractivity contribution >= 4 is 23.1 Å². The van der Waals surface area contributed by atoms with Crippen molar-refractivity contribution in [3.05, 3.63) is 48.2 Å². The third kappa shape index (κ3) is 4.62. The predicted molar refractivity (Wildman–Crippen MR) is 114 cm³/mol. The molecule has 0 bridgehead atoms. The zero-order valence-electron chi connectivity index (χ0n) is 16.5. The number of hydrogen-bond acceptors (Lipinski definition) is 5. The lowest BCUT2D eigenvalue weighted by molar-refractivity contribution is 0.102. The van der Waals surface area contributed by atoms with Crippen molar-refractivity contribution in [2.75, 3.05) is 48.8 Å². The van der Waals surface area contributed by atoms with E-state index in [1.807, 2.05) is 18.2 Å². The Morgan fingerprint density at radius 2 is 1.75 bits per heavy atom. The molecule has 0 radical (unpaired) electrons. The summed E-state index contributed by atoms with van der Waals surface area (Å²) < 4.78 is 0. The molecule has 1 saturated carbocycles. The molecule has 6 heteroatoms. The second kappa shape index (κ2) is 8.61. The van der Waals surface area contributed by atoms with Crippen LogP contribution < -0.4 is 15.5 Å². The first kappa shape index (κ1) is 18.7. The van der Waals surface area contributed by atoms with Crippen LogP contribution >= 0.6 is 0 Å². The maximum absolute atomic E-state index is 12.6. The van der Waals surface area contributed by atoms with Crippen molar-refractivity contribution in [2.24, 2.45) is 0 Å². The van der Waals surface area contributed by atoms with Gasteiger partial charge in [-0.05, 0) is 56.3 Å². The van der Waals surface area contributed by atoms with Crippen LogP contribution in [0.5, 0.6) is 0 Å². The molecule has 2 N–H and O–H groups in total. The Labute approximate surface area is 166 Å². The van der Waals surface area contributed by atoms with E-state index in [-0.39, 0.29) is 5.91 Å². The third-order valence-electron chi connectivity index (χ3n) is 5.72. The summed E-state index contributed by atoms with van der Waals surface area (Å²) in [6.45, 7) is 4.24. The molecule has 28 heavy (non-hydrogen) atoms. The normalized spacial score (nSPS) is 18.2. The van der Waals surface area contributed by atoms with E-state index in [0.717, 1.165) is 37.7 Å². The van der Waals surface area contributed by atoms with Gasteiger partial charge >= 0.3 is 0 Å². The van der Waals surface area contributed by atoms with Crippen molar-refractivity contribution in [3.8, 4) is 0 Å². The number of anilines is 3. The van der Waals surface area contributed by atoms with Crippen molar-refractivity contribution in [3.63, 3.8) is 0 Å². The molecule has 2 aromatic rings. The minimum absolute atomic E-state index is 0.107. The number of nitrogens with zero attached hydrogens (tertiary/aromatic N) is 3. The lowest BCUT2D eigenvalue weighted by Gasteiger charge is -2.34. The van der Waals surface area contributed by atoms with E-state index in [1.54, 1.807) is 12.3 Å². The highest BCUT2D eigenvalue weighted by molar-refractivity contribution is 6.04. The average Bonchev–Trinajstić information content (AvgIpc) is 3.22. The fraction of sp³-hybridized carbons (Fsp3) is 0.455. The highest BCUT2D eigenvalue weighted by atomic mass is 16.1. The molecule has 2 aliphatic rings. The largest absolute Gasteiger partial charge is 0.369 e. The molecule has 1 aromatic heterocycles. The van der Waals surface area contributed by atoms with E-state index in [0.29, 0.717) is 11.6 Å². The number of aromatic nitrogens is 1. The number of carbonyl (C=O) groups excluding carboxylic acids is 1. The number of piperazine rings is 1. The van der Waals surface area contributed by atoms with E-state index in [9.17, 15) is 4.79 Å². The van der Waals surface area contributed by atoms with Crippen LogP contribution in [0.3, 0.4) is 0 Å². The highest BCUT2D eigenvalue weighted by Gasteiger charge is 2.16. The molecule has 6 nitrogen and oxygen atoms in total. The standard InChI is InChI=1S/C22H29N5O/c1-26-12-14-27(15-13-26)20-8-6-19(7-9-20)25-22(28)17-10-11-23-21(16-17)24-18-4-2-3-5-18/h6-11,16,18H,2-5,12-15H2,1H3,(H,23,24)(H,25,28). The Balaban J connectivity index is 1.36. The second-order valence-corrected chi connectivity index (χ2v) is 7.85. The van der Waals surface area contributed by atoms with Crippen LogP contribution in [0.25, 0.3) is 0 Å². The second-order valence-electron chi connectivity index (χ2n) is 7.85. The van der Waals surface area contributed by atoms with Crippen molar-refractivity contribution < 1.29 is 4.79 Å². The maximum atomic E-state index is 12.6. The summed E-state index contributed by atoms with van der Waals surface area (Å²) in [5.41, 5.74) is 2.64. The highest BCUT2D eigenvalue weighted by Crippen LogP contribution is 2.22. The molecule has 148 valence electrons. The van der Waals surface area contributed by atoms with E-state index in [2.05, 4.69) is 44.6 Å². The molecular weight excluding hydrogens is 350 g/mol. The Hall–Kier alpha value is -2.60. The van der Waals surface area contributed by atoms with Gasteiger partial charge in [-0.25, -0.2) is 4.98 Å². The SMILES string of the molecule is CN1CCN(c2ccc(NC(=O)c3ccnc(NC4CCCC4)c3)cc2)CC1. The molecule has 0 atom stereocenters. The minimum atomic E-state index is -0.107. The number of hydrogen-bond donors (Lipinski definition) is 2. The maximum Gasteiger partial charge on any atom is 0.255 e. The molecule has 0 unspecified atom stereocenters. The van der Waals surface area contributed by atoms with Crippen LogP contribution in [-0.4, -0.2) is 55.1 Å². The minimum Gasteiger partial charge on any atom is -0.369 e. The molecule has 4 rings (SSSR count). The molecule has 0 spiro atoms. The number of amides is 1. The first-order valence-corrected chi connectivity index (χ1v) is 10.2. The summed E-state index contributed by atoms with van der Waals surface area (Å²) >= 11 is 0. The van der Waals surface area contributed by atoms with Crippen LogP contribution in [0.4, 0.5) is 17.2 Å². The molecule has 2 heterocycles. The monoisotopic (exact) mass is 379 g/mol. The van der Waals surface area contributed by atoms with Gasteiger partial charge in [0.05, 0.1) is 0 Å². The Morgan fingerprint density at radius 3 is 2.46 bits per heavy atom. The van der Waals surface area contributed by atoms with Gasteiger partial charge in [0.2, 0.25) is 0 Å². The summed E-state index contributed by atoms with van der Waals surface area (Å²) in [5, 5.41) is 6.44. The number of likely N-dealkylation sites (N-methyl/N-ethyl adjacent to an activating group) is 1. The molecule has 1 aromatic carbocycles. The van der Waals surface area contributed by atoms with Crippen LogP contribution in [0.1, 0.15) is 36.0 Å². The molecular formula is C22H29N5O. The number of benzene rings is 1. The average molecular weight is 380 g/mol. The first-order valence-electron chi connectivity index (χ1n) is 10.2. The van der Waals surface area contributed by atoms with Gasteiger partial charge in [0.25, 0.3) is 5.91 Å². The van der Waals surface area contributed by atoms with Crippen molar-refractivity contribution in [2.45, 2.75) is 31.7 Å². The van der Waals surface area contributed by atoms with Crippen LogP contribution in [0, 0.1) is 0 Å². The molecule has 1 amide bonds. The van der Waals surface area contributed by atoms with Gasteiger partial charge in [0.1, 0.15) is 5.82 Å². The van der Waals surface area contributed by atoms with Crippen molar-refractivity contribution in [1.29, 1.82) is 0 Å². The van der Waals surface area contributed by atoms with Gasteiger partial charge in [-0.3, -0.25) is 4.79 Å².